The Morgan fingerprint density at radius 1 is 1.03 bits per heavy atom. The van der Waals surface area contributed by atoms with Gasteiger partial charge in [-0.05, 0) is 47.5 Å². The van der Waals surface area contributed by atoms with Crippen molar-refractivity contribution in [2.45, 2.75) is 5.54 Å². The van der Waals surface area contributed by atoms with Gasteiger partial charge in [-0.3, -0.25) is 0 Å². The number of hydrogen-bond acceptors (Lipinski definition) is 8. The van der Waals surface area contributed by atoms with E-state index in [0.717, 1.165) is 12.1 Å². The van der Waals surface area contributed by atoms with Crippen molar-refractivity contribution >= 4 is 17.5 Å². The Bertz CT molecular complexity index is 1090. The number of pyridine rings is 1. The van der Waals surface area contributed by atoms with Crippen LogP contribution in [0.15, 0.2) is 54.7 Å². The fraction of sp³-hybridized carbons (Fsp3) is 0.217. The zero-order chi connectivity index (χ0) is 25.3. The minimum absolute atomic E-state index is 0.146. The van der Waals surface area contributed by atoms with Gasteiger partial charge in [0, 0.05) is 6.20 Å². The monoisotopic (exact) mass is 477 g/mol. The number of rotatable bonds is 8. The van der Waals surface area contributed by atoms with Crippen LogP contribution >= 0.6 is 0 Å². The summed E-state index contributed by atoms with van der Waals surface area (Å²) in [7, 11) is 1.50. The van der Waals surface area contributed by atoms with E-state index in [1.165, 1.54) is 25.4 Å². The lowest BCUT2D eigenvalue weighted by Gasteiger charge is -2.20. The number of hydrogen-bond donors (Lipinski definition) is 6. The smallest absolute Gasteiger partial charge is 0.339 e. The second kappa shape index (κ2) is 12.0. The number of carbonyl (C=O) groups is 1. The van der Waals surface area contributed by atoms with Crippen LogP contribution in [0.5, 0.6) is 5.75 Å². The number of aromatic nitrogens is 1. The van der Waals surface area contributed by atoms with Gasteiger partial charge in [-0.2, -0.15) is 0 Å². The molecule has 0 unspecified atom stereocenters. The van der Waals surface area contributed by atoms with Crippen molar-refractivity contribution in [3.8, 4) is 16.9 Å². The number of nitrogens with zero attached hydrogens (tertiary/aromatic N) is 1. The second-order valence-electron chi connectivity index (χ2n) is 7.21. The average molecular weight is 477 g/mol. The number of halogens is 2. The van der Waals surface area contributed by atoms with Gasteiger partial charge in [0.2, 0.25) is 0 Å². The summed E-state index contributed by atoms with van der Waals surface area (Å²) in [6.45, 7) is -1.21. The summed E-state index contributed by atoms with van der Waals surface area (Å²) in [5.74, 6) is -2.58. The van der Waals surface area contributed by atoms with E-state index in [0.29, 0.717) is 16.9 Å². The molecule has 182 valence electrons. The van der Waals surface area contributed by atoms with Crippen LogP contribution in [0.1, 0.15) is 10.4 Å². The predicted molar refractivity (Wildman–Crippen MR) is 121 cm³/mol. The number of carboxylic acid groups (broad SMARTS) is 1. The minimum Gasteiger partial charge on any atom is -0.497 e. The first-order valence-corrected chi connectivity index (χ1v) is 9.88. The highest BCUT2D eigenvalue weighted by Gasteiger charge is 2.21. The molecule has 0 atom stereocenters. The van der Waals surface area contributed by atoms with Gasteiger partial charge in [0.05, 0.1) is 32.5 Å². The SMILES string of the molecule is COc1cccc(-c2cc(F)c(Nc3ncccc3C(=O)O)c(F)c2)c1.NC(CO)(CO)CO. The largest absolute Gasteiger partial charge is 0.497 e. The Balaban J connectivity index is 0.000000440. The van der Waals surface area contributed by atoms with Crippen molar-refractivity contribution in [2.75, 3.05) is 32.2 Å². The molecule has 0 aliphatic rings. The number of aliphatic hydroxyl groups is 3. The van der Waals surface area contributed by atoms with E-state index >= 15 is 0 Å². The fourth-order valence-electron chi connectivity index (χ4n) is 2.61. The Labute approximate surface area is 194 Å². The standard InChI is InChI=1S/C19H14F2N2O3.C4H11NO3/c1-26-13-5-2-4-11(8-13)12-9-15(20)17(16(21)10-12)23-18-14(19(24)25)6-3-7-22-18;5-4(1-6,2-7)3-8/h2-10H,1H3,(H,22,23)(H,24,25);6-8H,1-3,5H2. The molecule has 1 aromatic heterocycles. The van der Waals surface area contributed by atoms with Crippen molar-refractivity contribution < 1.29 is 38.7 Å². The Morgan fingerprint density at radius 2 is 1.65 bits per heavy atom. The fourth-order valence-corrected chi connectivity index (χ4v) is 2.61. The summed E-state index contributed by atoms with van der Waals surface area (Å²) in [4.78, 5) is 15.0. The van der Waals surface area contributed by atoms with Crippen molar-refractivity contribution in [1.29, 1.82) is 0 Å². The number of nitrogens with two attached hydrogens (primary N) is 1. The van der Waals surface area contributed by atoms with Gasteiger partial charge in [-0.25, -0.2) is 18.6 Å². The summed E-state index contributed by atoms with van der Waals surface area (Å²) in [5.41, 5.74) is 4.18. The lowest BCUT2D eigenvalue weighted by molar-refractivity contribution is 0.0692. The molecular weight excluding hydrogens is 452 g/mol. The zero-order valence-corrected chi connectivity index (χ0v) is 18.2. The van der Waals surface area contributed by atoms with E-state index in [4.69, 9.17) is 30.9 Å². The van der Waals surface area contributed by atoms with E-state index in [-0.39, 0.29) is 11.4 Å². The molecule has 11 heteroatoms. The molecule has 0 radical (unpaired) electrons. The minimum atomic E-state index is -1.26. The number of ether oxygens (including phenoxy) is 1. The molecule has 0 amide bonds. The van der Waals surface area contributed by atoms with Gasteiger partial charge in [0.15, 0.2) is 0 Å². The number of aromatic carboxylic acids is 1. The van der Waals surface area contributed by atoms with E-state index in [2.05, 4.69) is 10.3 Å². The number of anilines is 2. The summed E-state index contributed by atoms with van der Waals surface area (Å²) in [5, 5.41) is 36.6. The van der Waals surface area contributed by atoms with Gasteiger partial charge >= 0.3 is 5.97 Å². The quantitative estimate of drug-likeness (QED) is 0.286. The third-order valence-electron chi connectivity index (χ3n) is 4.67. The number of aliphatic hydroxyl groups excluding tert-OH is 3. The molecule has 1 heterocycles. The molecule has 3 rings (SSSR count). The lowest BCUT2D eigenvalue weighted by atomic mass is 10.0. The van der Waals surface area contributed by atoms with Crippen LogP contribution in [-0.4, -0.2) is 63.8 Å². The van der Waals surface area contributed by atoms with E-state index in [1.54, 1.807) is 24.3 Å². The van der Waals surface area contributed by atoms with Gasteiger partial charge in [-0.15, -0.1) is 0 Å². The van der Waals surface area contributed by atoms with Crippen molar-refractivity contribution in [3.63, 3.8) is 0 Å². The Kier molecular flexibility index (Phi) is 9.39. The van der Waals surface area contributed by atoms with Crippen LogP contribution in [0.3, 0.4) is 0 Å². The zero-order valence-electron chi connectivity index (χ0n) is 18.2. The first kappa shape index (κ1) is 26.6. The molecule has 0 aliphatic heterocycles. The van der Waals surface area contributed by atoms with Crippen molar-refractivity contribution in [1.82, 2.24) is 4.98 Å². The third-order valence-corrected chi connectivity index (χ3v) is 4.67. The normalized spacial score (nSPS) is 10.8. The van der Waals surface area contributed by atoms with E-state index < -0.39 is 48.7 Å². The average Bonchev–Trinajstić information content (AvgIpc) is 2.86. The number of nitrogens with one attached hydrogen (secondary N) is 1. The van der Waals surface area contributed by atoms with Crippen LogP contribution < -0.4 is 15.8 Å². The maximum absolute atomic E-state index is 14.5. The van der Waals surface area contributed by atoms with E-state index in [1.807, 2.05) is 0 Å². The molecular formula is C23H25F2N3O6. The molecule has 0 fully saturated rings. The topological polar surface area (TPSA) is 158 Å². The summed E-state index contributed by atoms with van der Waals surface area (Å²) < 4.78 is 34.1. The van der Waals surface area contributed by atoms with Crippen LogP contribution in [0.4, 0.5) is 20.3 Å². The predicted octanol–water partition coefficient (Wildman–Crippen LogP) is 2.14. The van der Waals surface area contributed by atoms with Gasteiger partial charge < -0.3 is 36.2 Å². The molecule has 0 aliphatic carbocycles. The molecule has 2 aromatic carbocycles. The van der Waals surface area contributed by atoms with Crippen LogP contribution in [0.2, 0.25) is 0 Å². The number of carboxylic acids is 1. The summed E-state index contributed by atoms with van der Waals surface area (Å²) in [6, 6.07) is 11.8. The maximum atomic E-state index is 14.5. The summed E-state index contributed by atoms with van der Waals surface area (Å²) in [6.07, 6.45) is 1.33. The number of methoxy groups -OCH3 is 1. The van der Waals surface area contributed by atoms with Crippen LogP contribution in [0, 0.1) is 11.6 Å². The highest BCUT2D eigenvalue weighted by atomic mass is 19.1. The second-order valence-corrected chi connectivity index (χ2v) is 7.21. The molecule has 0 spiro atoms. The summed E-state index contributed by atoms with van der Waals surface area (Å²) >= 11 is 0. The molecule has 0 bridgehead atoms. The molecule has 7 N–H and O–H groups in total. The Morgan fingerprint density at radius 3 is 2.15 bits per heavy atom. The first-order valence-electron chi connectivity index (χ1n) is 9.88. The highest BCUT2D eigenvalue weighted by molar-refractivity contribution is 5.94. The van der Waals surface area contributed by atoms with Crippen LogP contribution in [0.25, 0.3) is 11.1 Å². The molecule has 0 saturated carbocycles. The van der Waals surface area contributed by atoms with Gasteiger partial charge in [-0.1, -0.05) is 12.1 Å². The van der Waals surface area contributed by atoms with Crippen molar-refractivity contribution in [3.05, 3.63) is 71.9 Å². The molecule has 3 aromatic rings. The Hall–Kier alpha value is -3.64. The third kappa shape index (κ3) is 6.68. The highest BCUT2D eigenvalue weighted by Crippen LogP contribution is 2.31. The van der Waals surface area contributed by atoms with Gasteiger partial charge in [0.1, 0.15) is 34.5 Å². The first-order chi connectivity index (χ1) is 16.2. The number of benzene rings is 2. The maximum Gasteiger partial charge on any atom is 0.339 e. The van der Waals surface area contributed by atoms with E-state index in [9.17, 15) is 13.6 Å². The molecule has 0 saturated heterocycles. The molecule has 34 heavy (non-hydrogen) atoms. The lowest BCUT2D eigenvalue weighted by Crippen LogP contribution is -2.50. The van der Waals surface area contributed by atoms with Crippen LogP contribution in [-0.2, 0) is 0 Å². The molecule has 9 nitrogen and oxygen atoms in total. The van der Waals surface area contributed by atoms with Gasteiger partial charge in [0.25, 0.3) is 0 Å². The van der Waals surface area contributed by atoms with Crippen molar-refractivity contribution in [2.24, 2.45) is 5.73 Å².